The highest BCUT2D eigenvalue weighted by Gasteiger charge is 2.21. The maximum absolute atomic E-state index is 5.89. The molecule has 1 aliphatic heterocycles. The molecule has 16 heavy (non-hydrogen) atoms. The van der Waals surface area contributed by atoms with Crippen molar-refractivity contribution in [2.45, 2.75) is 26.3 Å². The van der Waals surface area contributed by atoms with Crippen LogP contribution in [0.1, 0.15) is 25.8 Å². The Kier molecular flexibility index (Phi) is 3.13. The first-order valence-electron chi connectivity index (χ1n) is 5.72. The van der Waals surface area contributed by atoms with Gasteiger partial charge >= 0.3 is 0 Å². The van der Waals surface area contributed by atoms with E-state index in [1.165, 1.54) is 0 Å². The zero-order valence-electron chi connectivity index (χ0n) is 9.81. The van der Waals surface area contributed by atoms with E-state index in [9.17, 15) is 0 Å². The molecule has 0 spiro atoms. The van der Waals surface area contributed by atoms with E-state index in [2.05, 4.69) is 18.8 Å². The Bertz CT molecular complexity index is 399. The van der Waals surface area contributed by atoms with Crippen molar-refractivity contribution in [3.63, 3.8) is 0 Å². The highest BCUT2D eigenvalue weighted by molar-refractivity contribution is 5.99. The van der Waals surface area contributed by atoms with E-state index < -0.39 is 0 Å². The molecule has 1 aliphatic rings. The first kappa shape index (κ1) is 11.0. The van der Waals surface area contributed by atoms with Crippen molar-refractivity contribution in [2.75, 3.05) is 12.3 Å². The molecule has 0 unspecified atom stereocenters. The Labute approximate surface area is 96.3 Å². The molecule has 2 rings (SSSR count). The summed E-state index contributed by atoms with van der Waals surface area (Å²) in [5.41, 5.74) is 7.53. The Morgan fingerprint density at radius 2 is 2.19 bits per heavy atom. The summed E-state index contributed by atoms with van der Waals surface area (Å²) in [5, 5.41) is 0. The van der Waals surface area contributed by atoms with Crippen LogP contribution in [0.5, 0.6) is 0 Å². The van der Waals surface area contributed by atoms with E-state index in [1.54, 1.807) is 0 Å². The van der Waals surface area contributed by atoms with Gasteiger partial charge in [-0.3, -0.25) is 0 Å². The third-order valence-electron chi connectivity index (χ3n) is 2.65. The largest absolute Gasteiger partial charge is 0.475 e. The van der Waals surface area contributed by atoms with Crippen molar-refractivity contribution < 1.29 is 4.74 Å². The topological polar surface area (TPSA) is 47.6 Å². The molecule has 86 valence electrons. The molecule has 0 radical (unpaired) electrons. The molecular weight excluding hydrogens is 200 g/mol. The molecule has 1 aromatic rings. The van der Waals surface area contributed by atoms with E-state index >= 15 is 0 Å². The van der Waals surface area contributed by atoms with Gasteiger partial charge in [-0.1, -0.05) is 26.0 Å². The standard InChI is InChI=1S/C13H18N2O/c1-9(2)7-10-8-16-13(15-10)11-5-3-4-6-12(11)14/h3-6,9-10H,7-8,14H2,1-2H3/t10-/m0/s1. The van der Waals surface area contributed by atoms with Gasteiger partial charge in [0.2, 0.25) is 5.90 Å². The van der Waals surface area contributed by atoms with Gasteiger partial charge in [-0.2, -0.15) is 0 Å². The van der Waals surface area contributed by atoms with Crippen LogP contribution in [0.4, 0.5) is 5.69 Å². The summed E-state index contributed by atoms with van der Waals surface area (Å²) in [6.07, 6.45) is 1.07. The lowest BCUT2D eigenvalue weighted by Gasteiger charge is -2.06. The smallest absolute Gasteiger partial charge is 0.218 e. The van der Waals surface area contributed by atoms with E-state index in [0.717, 1.165) is 17.7 Å². The van der Waals surface area contributed by atoms with Crippen molar-refractivity contribution >= 4 is 11.6 Å². The van der Waals surface area contributed by atoms with Crippen molar-refractivity contribution in [2.24, 2.45) is 10.9 Å². The summed E-state index contributed by atoms with van der Waals surface area (Å²) in [6.45, 7) is 5.08. The minimum Gasteiger partial charge on any atom is -0.475 e. The van der Waals surface area contributed by atoms with Gasteiger partial charge in [0.15, 0.2) is 0 Å². The Balaban J connectivity index is 2.15. The van der Waals surface area contributed by atoms with Crippen LogP contribution < -0.4 is 5.73 Å². The van der Waals surface area contributed by atoms with Gasteiger partial charge in [-0.05, 0) is 24.5 Å². The maximum Gasteiger partial charge on any atom is 0.218 e. The summed E-state index contributed by atoms with van der Waals surface area (Å²) < 4.78 is 5.60. The summed E-state index contributed by atoms with van der Waals surface area (Å²) in [7, 11) is 0. The van der Waals surface area contributed by atoms with E-state index in [4.69, 9.17) is 10.5 Å². The van der Waals surface area contributed by atoms with Crippen LogP contribution >= 0.6 is 0 Å². The summed E-state index contributed by atoms with van der Waals surface area (Å²) >= 11 is 0. The fraction of sp³-hybridized carbons (Fsp3) is 0.462. The molecule has 1 aromatic carbocycles. The van der Waals surface area contributed by atoms with E-state index in [0.29, 0.717) is 18.4 Å². The van der Waals surface area contributed by atoms with Crippen LogP contribution in [0.2, 0.25) is 0 Å². The maximum atomic E-state index is 5.89. The zero-order valence-corrected chi connectivity index (χ0v) is 9.81. The number of nitrogens with zero attached hydrogens (tertiary/aromatic N) is 1. The molecule has 0 saturated heterocycles. The summed E-state index contributed by atoms with van der Waals surface area (Å²) in [6, 6.07) is 7.98. The Morgan fingerprint density at radius 3 is 2.88 bits per heavy atom. The van der Waals surface area contributed by atoms with E-state index in [-0.39, 0.29) is 6.04 Å². The molecule has 0 fully saturated rings. The van der Waals surface area contributed by atoms with Gasteiger partial charge in [0.05, 0.1) is 11.6 Å². The van der Waals surface area contributed by atoms with Crippen molar-refractivity contribution in [3.8, 4) is 0 Å². The Hall–Kier alpha value is -1.51. The highest BCUT2D eigenvalue weighted by atomic mass is 16.5. The van der Waals surface area contributed by atoms with Crippen molar-refractivity contribution in [1.29, 1.82) is 0 Å². The molecule has 1 atom stereocenters. The number of nitrogen functional groups attached to an aromatic ring is 1. The lowest BCUT2D eigenvalue weighted by Crippen LogP contribution is -2.09. The zero-order chi connectivity index (χ0) is 11.5. The molecule has 0 saturated carbocycles. The average molecular weight is 218 g/mol. The molecule has 3 nitrogen and oxygen atoms in total. The number of para-hydroxylation sites is 1. The molecule has 0 amide bonds. The van der Waals surface area contributed by atoms with Crippen LogP contribution in [-0.2, 0) is 4.74 Å². The second kappa shape index (κ2) is 4.56. The average Bonchev–Trinajstić information content (AvgIpc) is 2.66. The lowest BCUT2D eigenvalue weighted by molar-refractivity contribution is 0.301. The predicted molar refractivity (Wildman–Crippen MR) is 66.6 cm³/mol. The van der Waals surface area contributed by atoms with Gasteiger partial charge in [0.25, 0.3) is 0 Å². The molecule has 2 N–H and O–H groups in total. The fourth-order valence-corrected chi connectivity index (χ4v) is 1.92. The van der Waals surface area contributed by atoms with Crippen LogP contribution in [0.25, 0.3) is 0 Å². The number of benzene rings is 1. The number of aliphatic imine (C=N–C) groups is 1. The highest BCUT2D eigenvalue weighted by Crippen LogP contribution is 2.20. The fourth-order valence-electron chi connectivity index (χ4n) is 1.92. The van der Waals surface area contributed by atoms with Crippen LogP contribution in [0.3, 0.4) is 0 Å². The summed E-state index contributed by atoms with van der Waals surface area (Å²) in [4.78, 5) is 4.57. The molecule has 0 aromatic heterocycles. The quantitative estimate of drug-likeness (QED) is 0.792. The second-order valence-electron chi connectivity index (χ2n) is 4.62. The van der Waals surface area contributed by atoms with Crippen LogP contribution in [0.15, 0.2) is 29.3 Å². The first-order chi connectivity index (χ1) is 7.66. The molecule has 1 heterocycles. The van der Waals surface area contributed by atoms with Gasteiger partial charge < -0.3 is 10.5 Å². The van der Waals surface area contributed by atoms with Gasteiger partial charge in [0.1, 0.15) is 6.61 Å². The number of nitrogens with two attached hydrogens (primary N) is 1. The van der Waals surface area contributed by atoms with Gasteiger partial charge in [-0.25, -0.2) is 4.99 Å². The van der Waals surface area contributed by atoms with Crippen LogP contribution in [0, 0.1) is 5.92 Å². The number of hydrogen-bond acceptors (Lipinski definition) is 3. The molecule has 0 bridgehead atoms. The lowest BCUT2D eigenvalue weighted by atomic mass is 10.1. The third kappa shape index (κ3) is 2.35. The second-order valence-corrected chi connectivity index (χ2v) is 4.62. The van der Waals surface area contributed by atoms with Crippen molar-refractivity contribution in [1.82, 2.24) is 0 Å². The minimum atomic E-state index is 0.287. The van der Waals surface area contributed by atoms with Gasteiger partial charge in [0, 0.05) is 5.69 Å². The minimum absolute atomic E-state index is 0.287. The normalized spacial score (nSPS) is 19.7. The number of anilines is 1. The number of hydrogen-bond donors (Lipinski definition) is 1. The number of rotatable bonds is 3. The number of ether oxygens (including phenoxy) is 1. The predicted octanol–water partition coefficient (Wildman–Crippen LogP) is 2.46. The van der Waals surface area contributed by atoms with E-state index in [1.807, 2.05) is 24.3 Å². The van der Waals surface area contributed by atoms with Gasteiger partial charge in [-0.15, -0.1) is 0 Å². The molecule has 0 aliphatic carbocycles. The molecule has 3 heteroatoms. The monoisotopic (exact) mass is 218 g/mol. The van der Waals surface area contributed by atoms with Crippen LogP contribution in [-0.4, -0.2) is 18.5 Å². The SMILES string of the molecule is CC(C)C[C@H]1COC(c2ccccc2N)=N1. The third-order valence-corrected chi connectivity index (χ3v) is 2.65. The Morgan fingerprint density at radius 1 is 1.44 bits per heavy atom. The van der Waals surface area contributed by atoms with Crippen molar-refractivity contribution in [3.05, 3.63) is 29.8 Å². The summed E-state index contributed by atoms with van der Waals surface area (Å²) in [5.74, 6) is 1.34. The molecular formula is C13H18N2O. The first-order valence-corrected chi connectivity index (χ1v) is 5.72.